The van der Waals surface area contributed by atoms with Crippen molar-refractivity contribution in [3.8, 4) is 0 Å². The van der Waals surface area contributed by atoms with E-state index in [0.29, 0.717) is 12.5 Å². The first kappa shape index (κ1) is 13.5. The molecule has 0 radical (unpaired) electrons. The zero-order chi connectivity index (χ0) is 12.0. The molecule has 2 N–H and O–H groups in total. The van der Waals surface area contributed by atoms with Gasteiger partial charge in [0.15, 0.2) is 0 Å². The number of carbonyl (C=O) groups excluding carboxylic acids is 1. The summed E-state index contributed by atoms with van der Waals surface area (Å²) in [6.07, 6.45) is 5.20. The second-order valence-electron chi connectivity index (χ2n) is 5.39. The van der Waals surface area contributed by atoms with Crippen LogP contribution in [0.25, 0.3) is 0 Å². The first-order valence-electron chi connectivity index (χ1n) is 6.55. The Hall–Kier alpha value is -0.570. The number of amides is 1. The average molecular weight is 226 g/mol. The third-order valence-electron chi connectivity index (χ3n) is 3.37. The van der Waals surface area contributed by atoms with Gasteiger partial charge in [0.05, 0.1) is 0 Å². The lowest BCUT2D eigenvalue weighted by molar-refractivity contribution is -0.122. The third-order valence-corrected chi connectivity index (χ3v) is 3.37. The molecular weight excluding hydrogens is 200 g/mol. The highest BCUT2D eigenvalue weighted by molar-refractivity contribution is 5.76. The first-order chi connectivity index (χ1) is 7.61. The Morgan fingerprint density at radius 1 is 1.19 bits per heavy atom. The molecule has 3 nitrogen and oxygen atoms in total. The predicted molar refractivity (Wildman–Crippen MR) is 67.3 cm³/mol. The summed E-state index contributed by atoms with van der Waals surface area (Å²) in [5, 5.41) is 6.23. The largest absolute Gasteiger partial charge is 0.353 e. The summed E-state index contributed by atoms with van der Waals surface area (Å²) in [7, 11) is 1.92. The van der Waals surface area contributed by atoms with Crippen LogP contribution < -0.4 is 10.6 Å². The van der Waals surface area contributed by atoms with Crippen molar-refractivity contribution in [2.75, 3.05) is 13.6 Å². The lowest BCUT2D eigenvalue weighted by Gasteiger charge is -2.32. The van der Waals surface area contributed by atoms with Gasteiger partial charge in [-0.3, -0.25) is 4.79 Å². The predicted octanol–water partition coefficient (Wildman–Crippen LogP) is 1.93. The molecule has 0 spiro atoms. The molecule has 1 aliphatic carbocycles. The summed E-state index contributed by atoms with van der Waals surface area (Å²) in [6.45, 7) is 5.50. The molecule has 2 atom stereocenters. The summed E-state index contributed by atoms with van der Waals surface area (Å²) in [5.41, 5.74) is 0. The minimum Gasteiger partial charge on any atom is -0.353 e. The number of hydrogen-bond acceptors (Lipinski definition) is 2. The van der Waals surface area contributed by atoms with Gasteiger partial charge in [0.2, 0.25) is 5.91 Å². The summed E-state index contributed by atoms with van der Waals surface area (Å²) >= 11 is 0. The van der Waals surface area contributed by atoms with Crippen molar-refractivity contribution >= 4 is 5.91 Å². The van der Waals surface area contributed by atoms with E-state index in [2.05, 4.69) is 24.5 Å². The number of hydrogen-bond donors (Lipinski definition) is 2. The zero-order valence-corrected chi connectivity index (χ0v) is 10.9. The summed E-state index contributed by atoms with van der Waals surface area (Å²) in [6, 6.07) is 0.417. The molecule has 1 aliphatic rings. The van der Waals surface area contributed by atoms with Crippen molar-refractivity contribution < 1.29 is 4.79 Å². The monoisotopic (exact) mass is 226 g/mol. The van der Waals surface area contributed by atoms with Gasteiger partial charge >= 0.3 is 0 Å². The standard InChI is InChI=1S/C13H26N2O/c1-10-7-11(2)9-12(8-10)15-13(16)5-4-6-14-3/h10-12,14H,4-9H2,1-3H3,(H,15,16). The molecule has 0 bridgehead atoms. The Kier molecular flexibility index (Phi) is 5.81. The highest BCUT2D eigenvalue weighted by Gasteiger charge is 2.24. The minimum absolute atomic E-state index is 0.224. The maximum absolute atomic E-state index is 11.7. The van der Waals surface area contributed by atoms with Crippen molar-refractivity contribution in [2.24, 2.45) is 11.8 Å². The second kappa shape index (κ2) is 6.89. The van der Waals surface area contributed by atoms with Crippen LogP contribution in [0.4, 0.5) is 0 Å². The van der Waals surface area contributed by atoms with Crippen LogP contribution in [0.2, 0.25) is 0 Å². The van der Waals surface area contributed by atoms with Crippen LogP contribution in [0.1, 0.15) is 46.0 Å². The van der Waals surface area contributed by atoms with Crippen molar-refractivity contribution in [3.05, 3.63) is 0 Å². The maximum Gasteiger partial charge on any atom is 0.220 e. The van der Waals surface area contributed by atoms with Crippen LogP contribution in [0.5, 0.6) is 0 Å². The molecule has 3 heteroatoms. The molecule has 0 aromatic carbocycles. The van der Waals surface area contributed by atoms with Gasteiger partial charge in [-0.1, -0.05) is 13.8 Å². The lowest BCUT2D eigenvalue weighted by Crippen LogP contribution is -2.40. The molecular formula is C13H26N2O. The number of carbonyl (C=O) groups is 1. The molecule has 16 heavy (non-hydrogen) atoms. The van der Waals surface area contributed by atoms with E-state index >= 15 is 0 Å². The van der Waals surface area contributed by atoms with Gasteiger partial charge in [0.1, 0.15) is 0 Å². The van der Waals surface area contributed by atoms with E-state index in [0.717, 1.165) is 37.6 Å². The van der Waals surface area contributed by atoms with E-state index in [1.54, 1.807) is 0 Å². The highest BCUT2D eigenvalue weighted by Crippen LogP contribution is 2.28. The SMILES string of the molecule is CNCCCC(=O)NC1CC(C)CC(C)C1. The van der Waals surface area contributed by atoms with Crippen LogP contribution >= 0.6 is 0 Å². The molecule has 1 rings (SSSR count). The molecule has 2 unspecified atom stereocenters. The highest BCUT2D eigenvalue weighted by atomic mass is 16.1. The number of nitrogens with one attached hydrogen (secondary N) is 2. The summed E-state index contributed by atoms with van der Waals surface area (Å²) < 4.78 is 0. The van der Waals surface area contributed by atoms with Gasteiger partial charge in [0.25, 0.3) is 0 Å². The van der Waals surface area contributed by atoms with Crippen molar-refractivity contribution in [3.63, 3.8) is 0 Å². The van der Waals surface area contributed by atoms with Crippen molar-refractivity contribution in [1.82, 2.24) is 10.6 Å². The van der Waals surface area contributed by atoms with Gasteiger partial charge in [0, 0.05) is 12.5 Å². The van der Waals surface area contributed by atoms with Crippen molar-refractivity contribution in [1.29, 1.82) is 0 Å². The van der Waals surface area contributed by atoms with Crippen LogP contribution in [-0.4, -0.2) is 25.5 Å². The molecule has 1 saturated carbocycles. The van der Waals surface area contributed by atoms with Gasteiger partial charge in [-0.05, 0) is 51.1 Å². The molecule has 0 heterocycles. The molecule has 0 aromatic rings. The van der Waals surface area contributed by atoms with Gasteiger partial charge in [-0.15, -0.1) is 0 Å². The molecule has 1 amide bonds. The van der Waals surface area contributed by atoms with Crippen LogP contribution in [0.3, 0.4) is 0 Å². The third kappa shape index (κ3) is 4.97. The average Bonchev–Trinajstić information content (AvgIpc) is 2.16. The Balaban J connectivity index is 2.22. The fraction of sp³-hybridized carbons (Fsp3) is 0.923. The van der Waals surface area contributed by atoms with E-state index in [-0.39, 0.29) is 5.91 Å². The van der Waals surface area contributed by atoms with Crippen LogP contribution in [0, 0.1) is 11.8 Å². The molecule has 0 aliphatic heterocycles. The minimum atomic E-state index is 0.224. The molecule has 94 valence electrons. The maximum atomic E-state index is 11.7. The zero-order valence-electron chi connectivity index (χ0n) is 10.9. The summed E-state index contributed by atoms with van der Waals surface area (Å²) in [4.78, 5) is 11.7. The normalized spacial score (nSPS) is 30.1. The van der Waals surface area contributed by atoms with Gasteiger partial charge in [-0.25, -0.2) is 0 Å². The number of rotatable bonds is 5. The fourth-order valence-electron chi connectivity index (χ4n) is 2.79. The van der Waals surface area contributed by atoms with Crippen molar-refractivity contribution in [2.45, 2.75) is 52.0 Å². The quantitative estimate of drug-likeness (QED) is 0.703. The Morgan fingerprint density at radius 3 is 2.38 bits per heavy atom. The topological polar surface area (TPSA) is 41.1 Å². The summed E-state index contributed by atoms with van der Waals surface area (Å²) in [5.74, 6) is 1.74. The lowest BCUT2D eigenvalue weighted by atomic mass is 9.80. The molecule has 0 saturated heterocycles. The molecule has 0 aromatic heterocycles. The molecule has 1 fully saturated rings. The van der Waals surface area contributed by atoms with E-state index in [9.17, 15) is 4.79 Å². The Morgan fingerprint density at radius 2 is 1.81 bits per heavy atom. The Bertz CT molecular complexity index is 208. The van der Waals surface area contributed by atoms with E-state index < -0.39 is 0 Å². The smallest absolute Gasteiger partial charge is 0.220 e. The van der Waals surface area contributed by atoms with Crippen LogP contribution in [-0.2, 0) is 4.79 Å². The van der Waals surface area contributed by atoms with Gasteiger partial charge < -0.3 is 10.6 Å². The van der Waals surface area contributed by atoms with Gasteiger partial charge in [-0.2, -0.15) is 0 Å². The Labute approximate surface area is 99.4 Å². The first-order valence-corrected chi connectivity index (χ1v) is 6.55. The van der Waals surface area contributed by atoms with E-state index in [1.807, 2.05) is 7.05 Å². The fourth-order valence-corrected chi connectivity index (χ4v) is 2.79. The van der Waals surface area contributed by atoms with E-state index in [4.69, 9.17) is 0 Å². The van der Waals surface area contributed by atoms with E-state index in [1.165, 1.54) is 6.42 Å². The second-order valence-corrected chi connectivity index (χ2v) is 5.39. The van der Waals surface area contributed by atoms with Crippen LogP contribution in [0.15, 0.2) is 0 Å².